The van der Waals surface area contributed by atoms with Crippen molar-refractivity contribution in [2.45, 2.75) is 31.9 Å². The zero-order valence-electron chi connectivity index (χ0n) is 9.59. The lowest BCUT2D eigenvalue weighted by molar-refractivity contribution is -0.141. The van der Waals surface area contributed by atoms with E-state index in [1.165, 1.54) is 12.1 Å². The van der Waals surface area contributed by atoms with E-state index in [9.17, 15) is 18.0 Å². The van der Waals surface area contributed by atoms with E-state index in [0.29, 0.717) is 6.42 Å². The van der Waals surface area contributed by atoms with Gasteiger partial charge in [0.15, 0.2) is 0 Å². The standard InChI is InChI=1S/C12H12ClF3O2/c1-2-4-7(11(17)18)10-8(12(14,15)16)5-3-6-9(10)13/h3,5-7H,2,4H2,1H3,(H,17,18). The van der Waals surface area contributed by atoms with E-state index < -0.39 is 23.6 Å². The predicted octanol–water partition coefficient (Wildman–Crippen LogP) is 4.33. The smallest absolute Gasteiger partial charge is 0.416 e. The number of carboxylic acids is 1. The molecule has 0 heterocycles. The number of carbonyl (C=O) groups is 1. The molecule has 1 rings (SSSR count). The molecule has 100 valence electrons. The number of aliphatic carboxylic acids is 1. The molecule has 2 nitrogen and oxygen atoms in total. The van der Waals surface area contributed by atoms with Crippen LogP contribution >= 0.6 is 11.6 Å². The molecule has 1 aromatic rings. The van der Waals surface area contributed by atoms with Crippen molar-refractivity contribution in [3.8, 4) is 0 Å². The first-order valence-electron chi connectivity index (χ1n) is 5.37. The van der Waals surface area contributed by atoms with Crippen molar-refractivity contribution in [1.82, 2.24) is 0 Å². The number of rotatable bonds is 4. The van der Waals surface area contributed by atoms with Crippen LogP contribution in [-0.4, -0.2) is 11.1 Å². The third-order valence-corrected chi connectivity index (χ3v) is 2.91. The van der Waals surface area contributed by atoms with Crippen molar-refractivity contribution in [3.63, 3.8) is 0 Å². The van der Waals surface area contributed by atoms with Gasteiger partial charge in [-0.1, -0.05) is 31.0 Å². The van der Waals surface area contributed by atoms with Crippen LogP contribution in [0.4, 0.5) is 13.2 Å². The summed E-state index contributed by atoms with van der Waals surface area (Å²) in [6.45, 7) is 1.71. The maximum absolute atomic E-state index is 12.8. The highest BCUT2D eigenvalue weighted by Gasteiger charge is 2.37. The molecule has 0 saturated heterocycles. The molecule has 18 heavy (non-hydrogen) atoms. The Morgan fingerprint density at radius 2 is 2.06 bits per heavy atom. The van der Waals surface area contributed by atoms with Crippen molar-refractivity contribution in [2.24, 2.45) is 0 Å². The molecule has 0 radical (unpaired) electrons. The molecule has 0 aromatic heterocycles. The summed E-state index contributed by atoms with van der Waals surface area (Å²) in [5.41, 5.74) is -1.32. The topological polar surface area (TPSA) is 37.3 Å². The van der Waals surface area contributed by atoms with E-state index in [2.05, 4.69) is 0 Å². The van der Waals surface area contributed by atoms with Crippen molar-refractivity contribution in [3.05, 3.63) is 34.3 Å². The van der Waals surface area contributed by atoms with Gasteiger partial charge in [0.05, 0.1) is 11.5 Å². The van der Waals surface area contributed by atoms with Gasteiger partial charge in [-0.05, 0) is 24.1 Å². The Morgan fingerprint density at radius 3 is 2.50 bits per heavy atom. The molecular weight excluding hydrogens is 269 g/mol. The molecule has 1 N–H and O–H groups in total. The Kier molecular flexibility index (Phi) is 4.62. The number of hydrogen-bond donors (Lipinski definition) is 1. The van der Waals surface area contributed by atoms with Crippen molar-refractivity contribution in [2.75, 3.05) is 0 Å². The van der Waals surface area contributed by atoms with E-state index >= 15 is 0 Å². The van der Waals surface area contributed by atoms with E-state index in [4.69, 9.17) is 16.7 Å². The van der Waals surface area contributed by atoms with Crippen molar-refractivity contribution in [1.29, 1.82) is 0 Å². The predicted molar refractivity (Wildman–Crippen MR) is 61.7 cm³/mol. The highest BCUT2D eigenvalue weighted by molar-refractivity contribution is 6.31. The van der Waals surface area contributed by atoms with Gasteiger partial charge in [-0.25, -0.2) is 0 Å². The number of benzene rings is 1. The van der Waals surface area contributed by atoms with Gasteiger partial charge in [-0.15, -0.1) is 0 Å². The van der Waals surface area contributed by atoms with E-state index in [1.54, 1.807) is 6.92 Å². The third kappa shape index (κ3) is 3.16. The lowest BCUT2D eigenvalue weighted by Crippen LogP contribution is -2.18. The Labute approximate surface area is 107 Å². The SMILES string of the molecule is CCCC(C(=O)O)c1c(Cl)cccc1C(F)(F)F. The molecule has 1 atom stereocenters. The molecular formula is C12H12ClF3O2. The fraction of sp³-hybridized carbons (Fsp3) is 0.417. The number of halogens is 4. The molecule has 0 aliphatic rings. The zero-order valence-corrected chi connectivity index (χ0v) is 10.3. The second-order valence-corrected chi connectivity index (χ2v) is 4.29. The molecule has 1 aromatic carbocycles. The summed E-state index contributed by atoms with van der Waals surface area (Å²) in [6.07, 6.45) is -4.04. The summed E-state index contributed by atoms with van der Waals surface area (Å²) in [7, 11) is 0. The second kappa shape index (κ2) is 5.61. The maximum Gasteiger partial charge on any atom is 0.416 e. The van der Waals surface area contributed by atoms with Crippen molar-refractivity contribution >= 4 is 17.6 Å². The minimum absolute atomic E-state index is 0.113. The monoisotopic (exact) mass is 280 g/mol. The Morgan fingerprint density at radius 1 is 1.44 bits per heavy atom. The van der Waals surface area contributed by atoms with E-state index in [-0.39, 0.29) is 17.0 Å². The van der Waals surface area contributed by atoms with Gasteiger partial charge >= 0.3 is 12.1 Å². The molecule has 0 bridgehead atoms. The molecule has 1 unspecified atom stereocenters. The highest BCUT2D eigenvalue weighted by atomic mass is 35.5. The van der Waals surface area contributed by atoms with Crippen LogP contribution in [0.5, 0.6) is 0 Å². The van der Waals surface area contributed by atoms with Crippen LogP contribution in [0.1, 0.15) is 36.8 Å². The quantitative estimate of drug-likeness (QED) is 0.891. The van der Waals surface area contributed by atoms with Crippen LogP contribution < -0.4 is 0 Å². The fourth-order valence-electron chi connectivity index (χ4n) is 1.82. The summed E-state index contributed by atoms with van der Waals surface area (Å²) in [6, 6.07) is 3.30. The summed E-state index contributed by atoms with van der Waals surface area (Å²) in [5, 5.41) is 8.89. The molecule has 0 aliphatic carbocycles. The van der Waals surface area contributed by atoms with Crippen LogP contribution in [-0.2, 0) is 11.0 Å². The average molecular weight is 281 g/mol. The zero-order chi connectivity index (χ0) is 13.9. The first kappa shape index (κ1) is 14.8. The van der Waals surface area contributed by atoms with Crippen LogP contribution in [0.2, 0.25) is 5.02 Å². The Hall–Kier alpha value is -1.23. The van der Waals surface area contributed by atoms with Crippen LogP contribution in [0.15, 0.2) is 18.2 Å². The largest absolute Gasteiger partial charge is 0.481 e. The van der Waals surface area contributed by atoms with Crippen LogP contribution in [0.3, 0.4) is 0 Å². The number of carboxylic acid groups (broad SMARTS) is 1. The molecule has 6 heteroatoms. The third-order valence-electron chi connectivity index (χ3n) is 2.58. The normalized spacial score (nSPS) is 13.4. The summed E-state index contributed by atoms with van der Waals surface area (Å²) in [5.74, 6) is -2.53. The van der Waals surface area contributed by atoms with Gasteiger partial charge < -0.3 is 5.11 Å². The fourth-order valence-corrected chi connectivity index (χ4v) is 2.12. The highest BCUT2D eigenvalue weighted by Crippen LogP contribution is 2.40. The lowest BCUT2D eigenvalue weighted by Gasteiger charge is -2.19. The van der Waals surface area contributed by atoms with Gasteiger partial charge in [0.1, 0.15) is 0 Å². The summed E-state index contributed by atoms with van der Waals surface area (Å²) >= 11 is 5.75. The first-order valence-corrected chi connectivity index (χ1v) is 5.75. The molecule has 0 aliphatic heterocycles. The van der Waals surface area contributed by atoms with Crippen LogP contribution in [0.25, 0.3) is 0 Å². The van der Waals surface area contributed by atoms with Gasteiger partial charge in [-0.2, -0.15) is 13.2 Å². The molecule has 0 spiro atoms. The molecule has 0 amide bonds. The second-order valence-electron chi connectivity index (χ2n) is 3.88. The maximum atomic E-state index is 12.8. The van der Waals surface area contributed by atoms with Gasteiger partial charge in [-0.3, -0.25) is 4.79 Å². The first-order chi connectivity index (χ1) is 8.29. The van der Waals surface area contributed by atoms with Crippen LogP contribution in [0, 0.1) is 0 Å². The van der Waals surface area contributed by atoms with E-state index in [1.807, 2.05) is 0 Å². The number of alkyl halides is 3. The number of hydrogen-bond acceptors (Lipinski definition) is 1. The van der Waals surface area contributed by atoms with Gasteiger partial charge in [0.25, 0.3) is 0 Å². The minimum Gasteiger partial charge on any atom is -0.481 e. The van der Waals surface area contributed by atoms with Gasteiger partial charge in [0, 0.05) is 5.02 Å². The average Bonchev–Trinajstić information content (AvgIpc) is 2.24. The summed E-state index contributed by atoms with van der Waals surface area (Å²) in [4.78, 5) is 11.1. The Balaban J connectivity index is 3.40. The Bertz CT molecular complexity index is 443. The van der Waals surface area contributed by atoms with Crippen molar-refractivity contribution < 1.29 is 23.1 Å². The summed E-state index contributed by atoms with van der Waals surface area (Å²) < 4.78 is 38.5. The lowest BCUT2D eigenvalue weighted by atomic mass is 9.90. The molecule has 0 fully saturated rings. The van der Waals surface area contributed by atoms with Gasteiger partial charge in [0.2, 0.25) is 0 Å². The van der Waals surface area contributed by atoms with E-state index in [0.717, 1.165) is 6.07 Å². The molecule has 0 saturated carbocycles. The minimum atomic E-state index is -4.61.